The lowest BCUT2D eigenvalue weighted by molar-refractivity contribution is -0.192. The maximum absolute atomic E-state index is 14.1. The minimum absolute atomic E-state index is 0.0479. The molecule has 2 rings (SSSR count). The zero-order valence-electron chi connectivity index (χ0n) is 44.3. The lowest BCUT2D eigenvalue weighted by atomic mass is 9.96. The Hall–Kier alpha value is -7.42. The second-order valence-electron chi connectivity index (χ2n) is 18.8. The number of phenolic OH excluding ortho intramolecular Hbond substituents is 1. The van der Waals surface area contributed by atoms with Gasteiger partial charge in [0.15, 0.2) is 0 Å². The molecule has 1 aromatic rings. The van der Waals surface area contributed by atoms with Crippen molar-refractivity contribution in [2.45, 2.75) is 134 Å². The van der Waals surface area contributed by atoms with E-state index in [4.69, 9.17) is 32.8 Å². The quantitative estimate of drug-likeness (QED) is 0.0312. The number of aliphatic carboxylic acids is 1. The number of benzene rings is 1. The Morgan fingerprint density at radius 3 is 1.75 bits per heavy atom. The number of amides is 12. The molecule has 0 aliphatic carbocycles. The molecule has 1 saturated heterocycles. The van der Waals surface area contributed by atoms with Crippen LogP contribution in [0, 0.1) is 11.8 Å². The predicted octanol–water partition coefficient (Wildman–Crippen LogP) is -4.39. The van der Waals surface area contributed by atoms with Crippen LogP contribution in [0.25, 0.3) is 0 Å². The number of aromatic hydroxyl groups is 1. The van der Waals surface area contributed by atoms with Crippen molar-refractivity contribution in [3.05, 3.63) is 29.8 Å². The number of carbonyl (C=O) groups excluding carboxylic acids is 12. The number of hydrogen-bond acceptors (Lipinski definition) is 17. The molecule has 33 heteroatoms. The minimum Gasteiger partial charge on any atom is -0.508 e. The fraction of sp³-hybridized carbons (Fsp3) is 0.596. The molecule has 18 N–H and O–H groups in total. The molecule has 1 fully saturated rings. The first-order valence-electron chi connectivity index (χ1n) is 24.8. The van der Waals surface area contributed by atoms with Crippen LogP contribution in [-0.4, -0.2) is 178 Å². The largest absolute Gasteiger partial charge is 0.508 e. The van der Waals surface area contributed by atoms with E-state index in [9.17, 15) is 75.8 Å². The Morgan fingerprint density at radius 2 is 1.24 bits per heavy atom. The highest BCUT2D eigenvalue weighted by Crippen LogP contribution is 2.21. The number of likely N-dealkylation sites (tertiary alicyclic amines) is 1. The first-order valence-corrected chi connectivity index (χ1v) is 26.1. The van der Waals surface area contributed by atoms with E-state index in [1.807, 2.05) is 0 Å². The number of hydrogen-bond donors (Lipinski definition) is 16. The van der Waals surface area contributed by atoms with Crippen LogP contribution >= 0.6 is 25.3 Å². The second kappa shape index (κ2) is 34.6. The summed E-state index contributed by atoms with van der Waals surface area (Å²) in [5, 5.41) is 36.6. The van der Waals surface area contributed by atoms with Gasteiger partial charge in [-0.05, 0) is 55.2 Å². The molecular weight excluding hydrogens is 1110 g/mol. The Morgan fingerprint density at radius 1 is 0.688 bits per heavy atom. The highest BCUT2D eigenvalue weighted by atomic mass is 32.1. The molecule has 0 saturated carbocycles. The molecule has 80 heavy (non-hydrogen) atoms. The van der Waals surface area contributed by atoms with Crippen molar-refractivity contribution in [1.82, 2.24) is 47.4 Å². The number of carboxylic acids is 1. The first-order chi connectivity index (χ1) is 37.3. The number of phenols is 1. The molecule has 9 atom stereocenters. The average Bonchev–Trinajstić information content (AvgIpc) is 3.88. The average molecular weight is 1180 g/mol. The summed E-state index contributed by atoms with van der Waals surface area (Å²) in [4.78, 5) is 167. The molecule has 0 unspecified atom stereocenters. The molecule has 12 amide bonds. The number of carboxylic acid groups (broad SMARTS) is 1. The first kappa shape index (κ1) is 70.6. The number of alkyl halides is 3. The normalized spacial score (nSPS) is 15.9. The zero-order chi connectivity index (χ0) is 61.2. The Balaban J connectivity index is 0.00000426. The van der Waals surface area contributed by atoms with E-state index in [2.05, 4.69) is 67.8 Å². The molecule has 1 aliphatic heterocycles. The van der Waals surface area contributed by atoms with Crippen molar-refractivity contribution in [2.24, 2.45) is 34.8 Å². The lowest BCUT2D eigenvalue weighted by Gasteiger charge is -2.30. The number of nitrogens with one attached hydrogen (secondary N) is 8. The number of primary amides is 3. The fourth-order valence-corrected chi connectivity index (χ4v) is 7.78. The van der Waals surface area contributed by atoms with E-state index in [1.165, 1.54) is 29.2 Å². The third kappa shape index (κ3) is 25.6. The van der Waals surface area contributed by atoms with Crippen molar-refractivity contribution in [2.75, 3.05) is 31.1 Å². The summed E-state index contributed by atoms with van der Waals surface area (Å²) in [5.74, 6) is -14.2. The van der Waals surface area contributed by atoms with Gasteiger partial charge < -0.3 is 80.6 Å². The standard InChI is InChI=1S/C45H71N13O13S2.C2HF3O2/c1-5-23(4)37(57-42(68)29(53-38(64)26(46)20-72)16-24-8-10-25(59)11-9-24)44(70)52-27(12-13-33(47)60)40(66)54-30(17-34(48)61)41(67)56-31(21-73)45(71)58-14-6-7-32(58)43(69)55-28(15-22(2)3)39(65)51-19-36(63)50-18-35(49)62;3-2(4,5)1(6)7/h8-11,22-23,26-32,37,59,72-73H,5-7,12-21,46H2,1-4H3,(H2,47,60)(H2,48,61)(H2,49,62)(H,50,63)(H,51,65)(H,52,70)(H,53,64)(H,54,66)(H,55,69)(H,56,67)(H,57,68);(H,6,7)/t23-,26-,27-,28-,29-,30-,31-,32-,37-;/m0./s1. The van der Waals surface area contributed by atoms with Crippen LogP contribution in [0.15, 0.2) is 24.3 Å². The van der Waals surface area contributed by atoms with E-state index < -0.39 is 170 Å². The SMILES string of the molecule is CC[C@H](C)[C@H](NC(=O)[C@H](Cc1ccc(O)cc1)NC(=O)[C@@H](N)CS)C(=O)N[C@@H](CCC(N)=O)C(=O)N[C@@H](CC(N)=O)C(=O)N[C@@H](CS)C(=O)N1CCC[C@H]1C(=O)N[C@@H](CC(C)C)C(=O)NCC(=O)NCC(N)=O.O=C(O)C(F)(F)F. The molecule has 0 aromatic heterocycles. The van der Waals surface area contributed by atoms with Crippen molar-refractivity contribution in [1.29, 1.82) is 0 Å². The van der Waals surface area contributed by atoms with Gasteiger partial charge in [0, 0.05) is 30.9 Å². The third-order valence-corrected chi connectivity index (χ3v) is 12.5. The van der Waals surface area contributed by atoms with Crippen LogP contribution in [0.4, 0.5) is 13.2 Å². The van der Waals surface area contributed by atoms with E-state index in [0.29, 0.717) is 18.4 Å². The molecule has 0 radical (unpaired) electrons. The second-order valence-corrected chi connectivity index (χ2v) is 19.5. The van der Waals surface area contributed by atoms with Gasteiger partial charge in [-0.3, -0.25) is 57.5 Å². The van der Waals surface area contributed by atoms with Gasteiger partial charge in [0.25, 0.3) is 0 Å². The van der Waals surface area contributed by atoms with Crippen molar-refractivity contribution < 1.29 is 85.7 Å². The number of rotatable bonds is 31. The Labute approximate surface area is 468 Å². The van der Waals surface area contributed by atoms with Crippen LogP contribution in [0.2, 0.25) is 0 Å². The Kier molecular flexibility index (Phi) is 30.5. The van der Waals surface area contributed by atoms with E-state index in [0.717, 1.165) is 0 Å². The Bertz CT molecular complexity index is 2370. The molecule has 1 heterocycles. The summed E-state index contributed by atoms with van der Waals surface area (Å²) in [6.45, 7) is 6.02. The number of halogens is 3. The van der Waals surface area contributed by atoms with Gasteiger partial charge in [0.05, 0.1) is 25.6 Å². The van der Waals surface area contributed by atoms with Gasteiger partial charge >= 0.3 is 12.1 Å². The van der Waals surface area contributed by atoms with Crippen LogP contribution in [-0.2, 0) is 68.7 Å². The molecule has 28 nitrogen and oxygen atoms in total. The highest BCUT2D eigenvalue weighted by Gasteiger charge is 2.41. The summed E-state index contributed by atoms with van der Waals surface area (Å²) in [7, 11) is 0. The smallest absolute Gasteiger partial charge is 0.490 e. The summed E-state index contributed by atoms with van der Waals surface area (Å²) in [5.41, 5.74) is 22.3. The summed E-state index contributed by atoms with van der Waals surface area (Å²) >= 11 is 8.29. The maximum Gasteiger partial charge on any atom is 0.490 e. The number of carbonyl (C=O) groups is 13. The molecule has 0 spiro atoms. The van der Waals surface area contributed by atoms with Crippen LogP contribution in [0.3, 0.4) is 0 Å². The van der Waals surface area contributed by atoms with Crippen molar-refractivity contribution in [3.63, 3.8) is 0 Å². The van der Waals surface area contributed by atoms with Gasteiger partial charge in [-0.1, -0.05) is 46.2 Å². The van der Waals surface area contributed by atoms with Crippen molar-refractivity contribution >= 4 is 102 Å². The minimum atomic E-state index is -5.08. The molecule has 448 valence electrons. The van der Waals surface area contributed by atoms with Crippen LogP contribution < -0.4 is 65.5 Å². The van der Waals surface area contributed by atoms with Crippen LogP contribution in [0.1, 0.15) is 78.2 Å². The van der Waals surface area contributed by atoms with Crippen LogP contribution in [0.5, 0.6) is 5.75 Å². The number of nitrogens with zero attached hydrogens (tertiary/aromatic N) is 1. The van der Waals surface area contributed by atoms with Crippen molar-refractivity contribution in [3.8, 4) is 5.75 Å². The third-order valence-electron chi connectivity index (χ3n) is 11.8. The van der Waals surface area contributed by atoms with Gasteiger partial charge in [0.1, 0.15) is 48.0 Å². The summed E-state index contributed by atoms with van der Waals surface area (Å²) in [6, 6.07) is -5.07. The van der Waals surface area contributed by atoms with Gasteiger partial charge in [-0.15, -0.1) is 0 Å². The van der Waals surface area contributed by atoms with Gasteiger partial charge in [0.2, 0.25) is 70.9 Å². The van der Waals surface area contributed by atoms with Gasteiger partial charge in [-0.25, -0.2) is 4.79 Å². The molecule has 1 aliphatic rings. The number of thiol groups is 2. The summed E-state index contributed by atoms with van der Waals surface area (Å²) in [6.07, 6.45) is -5.93. The monoisotopic (exact) mass is 1180 g/mol. The topological polar surface area (TPSA) is 466 Å². The summed E-state index contributed by atoms with van der Waals surface area (Å²) < 4.78 is 31.7. The molecule has 0 bridgehead atoms. The predicted molar refractivity (Wildman–Crippen MR) is 284 cm³/mol. The molecule has 1 aromatic carbocycles. The van der Waals surface area contributed by atoms with E-state index >= 15 is 0 Å². The van der Waals surface area contributed by atoms with E-state index in [-0.39, 0.29) is 49.0 Å². The molecular formula is C47H72F3N13O15S2. The van der Waals surface area contributed by atoms with Gasteiger partial charge in [-0.2, -0.15) is 38.4 Å². The number of nitrogens with two attached hydrogens (primary N) is 4. The highest BCUT2D eigenvalue weighted by molar-refractivity contribution is 7.80. The fourth-order valence-electron chi connectivity index (χ4n) is 7.36. The lowest BCUT2D eigenvalue weighted by Crippen LogP contribution is -2.61. The van der Waals surface area contributed by atoms with E-state index in [1.54, 1.807) is 27.7 Å². The maximum atomic E-state index is 14.1. The zero-order valence-corrected chi connectivity index (χ0v) is 46.1.